The summed E-state index contributed by atoms with van der Waals surface area (Å²) in [5, 5.41) is 3.05. The number of benzene rings is 1. The molecule has 19 heavy (non-hydrogen) atoms. The van der Waals surface area contributed by atoms with Crippen LogP contribution in [-0.2, 0) is 13.0 Å². The highest BCUT2D eigenvalue weighted by molar-refractivity contribution is 5.76. The molecule has 1 saturated heterocycles. The van der Waals surface area contributed by atoms with Gasteiger partial charge < -0.3 is 9.88 Å². The smallest absolute Gasteiger partial charge is 0.277 e. The van der Waals surface area contributed by atoms with Crippen LogP contribution in [0.5, 0.6) is 0 Å². The lowest BCUT2D eigenvalue weighted by molar-refractivity contribution is -0.0723. The Kier molecular flexibility index (Phi) is 3.01. The number of aryl methyl sites for hydroxylation is 1. The van der Waals surface area contributed by atoms with Gasteiger partial charge in [0.1, 0.15) is 0 Å². The summed E-state index contributed by atoms with van der Waals surface area (Å²) in [6.07, 6.45) is 3.03. The Hall–Kier alpha value is -1.49. The average Bonchev–Trinajstić information content (AvgIpc) is 2.81. The Morgan fingerprint density at radius 3 is 3.00 bits per heavy atom. The average molecular weight is 265 g/mol. The molecule has 1 N–H and O–H groups in total. The lowest BCUT2D eigenvalue weighted by Crippen LogP contribution is -2.39. The number of hydrogen-bond donors (Lipinski definition) is 1. The normalized spacial score (nSPS) is 20.9. The first-order chi connectivity index (χ1) is 9.09. The first kappa shape index (κ1) is 12.5. The van der Waals surface area contributed by atoms with Crippen molar-refractivity contribution in [3.8, 4) is 0 Å². The lowest BCUT2D eigenvalue weighted by atomic mass is 9.88. The maximum atomic E-state index is 14.5. The minimum absolute atomic E-state index is 0.0763. The van der Waals surface area contributed by atoms with Crippen LogP contribution in [0.2, 0.25) is 0 Å². The second-order valence-corrected chi connectivity index (χ2v) is 5.23. The van der Waals surface area contributed by atoms with Crippen LogP contribution in [0.15, 0.2) is 24.5 Å². The summed E-state index contributed by atoms with van der Waals surface area (Å²) >= 11 is 0. The van der Waals surface area contributed by atoms with Gasteiger partial charge in [0.2, 0.25) is 0 Å². The standard InChI is InChI=1S/C14H17F2N3/c1-19-9-18-12-7-10(4-5-13(12)19)14(15,16)11-3-2-6-17-8-11/h4-5,7,9,11,17H,2-3,6,8H2,1H3. The molecule has 2 aromatic rings. The molecule has 1 fully saturated rings. The van der Waals surface area contributed by atoms with E-state index in [1.54, 1.807) is 12.4 Å². The third-order valence-corrected chi connectivity index (χ3v) is 3.92. The predicted molar refractivity (Wildman–Crippen MR) is 70.2 cm³/mol. The Labute approximate surface area is 110 Å². The Bertz CT molecular complexity index is 585. The van der Waals surface area contributed by atoms with E-state index in [4.69, 9.17) is 0 Å². The summed E-state index contributed by atoms with van der Waals surface area (Å²) in [6.45, 7) is 1.22. The summed E-state index contributed by atoms with van der Waals surface area (Å²) in [5.41, 5.74) is 1.58. The van der Waals surface area contributed by atoms with Crippen LogP contribution in [0, 0.1) is 5.92 Å². The number of nitrogens with zero attached hydrogens (tertiary/aromatic N) is 2. The van der Waals surface area contributed by atoms with Crippen molar-refractivity contribution in [1.29, 1.82) is 0 Å². The van der Waals surface area contributed by atoms with Crippen LogP contribution < -0.4 is 5.32 Å². The molecule has 1 unspecified atom stereocenters. The number of hydrogen-bond acceptors (Lipinski definition) is 2. The topological polar surface area (TPSA) is 29.9 Å². The quantitative estimate of drug-likeness (QED) is 0.904. The number of piperidine rings is 1. The third kappa shape index (κ3) is 2.12. The number of fused-ring (bicyclic) bond motifs is 1. The van der Waals surface area contributed by atoms with Gasteiger partial charge in [0.05, 0.1) is 17.4 Å². The van der Waals surface area contributed by atoms with E-state index in [-0.39, 0.29) is 5.56 Å². The monoisotopic (exact) mass is 265 g/mol. The Morgan fingerprint density at radius 1 is 1.42 bits per heavy atom. The number of rotatable bonds is 2. The van der Waals surface area contributed by atoms with E-state index >= 15 is 0 Å². The molecular weight excluding hydrogens is 248 g/mol. The van der Waals surface area contributed by atoms with Gasteiger partial charge in [0.15, 0.2) is 0 Å². The van der Waals surface area contributed by atoms with E-state index in [0.29, 0.717) is 18.5 Å². The van der Waals surface area contributed by atoms with Gasteiger partial charge in [0.25, 0.3) is 5.92 Å². The van der Waals surface area contributed by atoms with Crippen molar-refractivity contribution in [3.63, 3.8) is 0 Å². The molecule has 3 nitrogen and oxygen atoms in total. The minimum Gasteiger partial charge on any atom is -0.334 e. The molecule has 1 aromatic carbocycles. The van der Waals surface area contributed by atoms with Crippen LogP contribution in [0.3, 0.4) is 0 Å². The fourth-order valence-electron chi connectivity index (χ4n) is 2.74. The summed E-state index contributed by atoms with van der Waals surface area (Å²) in [4.78, 5) is 4.15. The van der Waals surface area contributed by atoms with Crippen molar-refractivity contribution in [1.82, 2.24) is 14.9 Å². The molecule has 0 spiro atoms. The van der Waals surface area contributed by atoms with Crippen molar-refractivity contribution in [3.05, 3.63) is 30.1 Å². The maximum absolute atomic E-state index is 14.5. The van der Waals surface area contributed by atoms with Gasteiger partial charge in [-0.25, -0.2) is 13.8 Å². The molecule has 3 rings (SSSR count). The maximum Gasteiger partial charge on any atom is 0.277 e. The Balaban J connectivity index is 1.97. The van der Waals surface area contributed by atoms with Crippen molar-refractivity contribution in [2.75, 3.05) is 13.1 Å². The molecule has 0 saturated carbocycles. The van der Waals surface area contributed by atoms with Crippen LogP contribution in [0.25, 0.3) is 11.0 Å². The van der Waals surface area contributed by atoms with Crippen LogP contribution in [0.4, 0.5) is 8.78 Å². The number of imidazole rings is 1. The molecule has 0 amide bonds. The molecule has 0 aliphatic carbocycles. The van der Waals surface area contributed by atoms with Crippen LogP contribution >= 0.6 is 0 Å². The summed E-state index contributed by atoms with van der Waals surface area (Å²) < 4.78 is 30.8. The fraction of sp³-hybridized carbons (Fsp3) is 0.500. The van der Waals surface area contributed by atoms with E-state index in [2.05, 4.69) is 10.3 Å². The lowest BCUT2D eigenvalue weighted by Gasteiger charge is -2.30. The highest BCUT2D eigenvalue weighted by Gasteiger charge is 2.41. The number of nitrogens with one attached hydrogen (secondary N) is 1. The zero-order valence-electron chi connectivity index (χ0n) is 10.9. The van der Waals surface area contributed by atoms with Gasteiger partial charge in [-0.3, -0.25) is 0 Å². The SMILES string of the molecule is Cn1cnc2cc(C(F)(F)C3CCCNC3)ccc21. The number of halogens is 2. The second-order valence-electron chi connectivity index (χ2n) is 5.23. The number of alkyl halides is 2. The van der Waals surface area contributed by atoms with Crippen molar-refractivity contribution in [2.45, 2.75) is 18.8 Å². The van der Waals surface area contributed by atoms with E-state index in [9.17, 15) is 8.78 Å². The first-order valence-electron chi connectivity index (χ1n) is 6.59. The third-order valence-electron chi connectivity index (χ3n) is 3.92. The van der Waals surface area contributed by atoms with Crippen LogP contribution in [0.1, 0.15) is 18.4 Å². The van der Waals surface area contributed by atoms with E-state index in [1.165, 1.54) is 12.1 Å². The van der Waals surface area contributed by atoms with E-state index in [0.717, 1.165) is 18.5 Å². The highest BCUT2D eigenvalue weighted by Crippen LogP contribution is 2.39. The molecular formula is C14H17F2N3. The molecule has 1 atom stereocenters. The van der Waals surface area contributed by atoms with Gasteiger partial charge in [-0.05, 0) is 31.5 Å². The molecule has 102 valence electrons. The number of aromatic nitrogens is 2. The zero-order chi connectivity index (χ0) is 13.5. The van der Waals surface area contributed by atoms with Gasteiger partial charge in [-0.15, -0.1) is 0 Å². The van der Waals surface area contributed by atoms with Gasteiger partial charge >= 0.3 is 0 Å². The summed E-state index contributed by atoms with van der Waals surface area (Å²) in [7, 11) is 1.86. The van der Waals surface area contributed by atoms with E-state index < -0.39 is 11.8 Å². The molecule has 1 aromatic heterocycles. The first-order valence-corrected chi connectivity index (χ1v) is 6.59. The van der Waals surface area contributed by atoms with E-state index in [1.807, 2.05) is 11.6 Å². The van der Waals surface area contributed by atoms with Crippen molar-refractivity contribution in [2.24, 2.45) is 13.0 Å². The van der Waals surface area contributed by atoms with Gasteiger partial charge in [-0.2, -0.15) is 0 Å². The molecule has 0 bridgehead atoms. The molecule has 0 radical (unpaired) electrons. The van der Waals surface area contributed by atoms with Gasteiger partial charge in [-0.1, -0.05) is 6.07 Å². The molecule has 5 heteroatoms. The highest BCUT2D eigenvalue weighted by atomic mass is 19.3. The Morgan fingerprint density at radius 2 is 2.26 bits per heavy atom. The van der Waals surface area contributed by atoms with Crippen molar-refractivity contribution < 1.29 is 8.78 Å². The molecule has 1 aliphatic rings. The fourth-order valence-corrected chi connectivity index (χ4v) is 2.74. The zero-order valence-corrected chi connectivity index (χ0v) is 10.9. The van der Waals surface area contributed by atoms with Gasteiger partial charge in [0, 0.05) is 25.1 Å². The molecule has 2 heterocycles. The summed E-state index contributed by atoms with van der Waals surface area (Å²) in [6, 6.07) is 4.77. The van der Waals surface area contributed by atoms with Crippen LogP contribution in [-0.4, -0.2) is 22.6 Å². The second kappa shape index (κ2) is 4.56. The minimum atomic E-state index is -2.79. The van der Waals surface area contributed by atoms with Crippen molar-refractivity contribution >= 4 is 11.0 Å². The summed E-state index contributed by atoms with van der Waals surface area (Å²) in [5.74, 6) is -3.42. The predicted octanol–water partition coefficient (Wildman–Crippen LogP) is 2.66. The molecule has 1 aliphatic heterocycles. The largest absolute Gasteiger partial charge is 0.334 e.